The lowest BCUT2D eigenvalue weighted by molar-refractivity contribution is 0.684. The number of hydrogen-bond donors (Lipinski definition) is 0. The smallest absolute Gasteiger partial charge is 0.137 e. The summed E-state index contributed by atoms with van der Waals surface area (Å²) in [6, 6.07) is 10.0. The maximum atomic E-state index is 4.32. The van der Waals surface area contributed by atoms with E-state index >= 15 is 0 Å². The van der Waals surface area contributed by atoms with Crippen molar-refractivity contribution in [3.05, 3.63) is 60.9 Å². The van der Waals surface area contributed by atoms with Crippen LogP contribution in [0.4, 0.5) is 0 Å². The van der Waals surface area contributed by atoms with Crippen LogP contribution in [0.2, 0.25) is 0 Å². The third kappa shape index (κ3) is 2.08. The Morgan fingerprint density at radius 3 is 2.71 bits per heavy atom. The Morgan fingerprint density at radius 1 is 1.06 bits per heavy atom. The highest BCUT2D eigenvalue weighted by Crippen LogP contribution is 2.08. The summed E-state index contributed by atoms with van der Waals surface area (Å²) in [6.45, 7) is 0.687. The van der Waals surface area contributed by atoms with Gasteiger partial charge in [-0.2, -0.15) is 10.2 Å². The lowest BCUT2D eigenvalue weighted by atomic mass is 10.3. The van der Waals surface area contributed by atoms with Gasteiger partial charge in [0, 0.05) is 11.8 Å². The minimum absolute atomic E-state index is 0.687. The van der Waals surface area contributed by atoms with Crippen LogP contribution in [-0.2, 0) is 6.54 Å². The lowest BCUT2D eigenvalue weighted by Crippen LogP contribution is -1.98. The molecule has 0 saturated heterocycles. The monoisotopic (exact) mass is 225 g/mol. The molecule has 0 amide bonds. The molecule has 3 aromatic rings. The Labute approximate surface area is 98.3 Å². The summed E-state index contributed by atoms with van der Waals surface area (Å²) in [4.78, 5) is 3.91. The fraction of sp³-hybridized carbons (Fsp3) is 0.0833. The molecule has 0 aliphatic heterocycles. The molecular weight excluding hydrogens is 214 g/mol. The number of aromatic nitrogens is 5. The summed E-state index contributed by atoms with van der Waals surface area (Å²) >= 11 is 0. The first-order chi connectivity index (χ1) is 8.42. The Kier molecular flexibility index (Phi) is 2.42. The van der Waals surface area contributed by atoms with E-state index in [1.54, 1.807) is 11.0 Å². The van der Waals surface area contributed by atoms with Gasteiger partial charge in [-0.3, -0.25) is 0 Å². The second-order valence-corrected chi connectivity index (χ2v) is 3.72. The maximum Gasteiger partial charge on any atom is 0.137 e. The minimum atomic E-state index is 0.687. The molecule has 0 bridgehead atoms. The maximum absolute atomic E-state index is 4.32. The summed E-state index contributed by atoms with van der Waals surface area (Å²) in [5.74, 6) is 0. The number of benzene rings is 1. The van der Waals surface area contributed by atoms with E-state index in [1.807, 2.05) is 47.4 Å². The average molecular weight is 225 g/mol. The third-order valence-corrected chi connectivity index (χ3v) is 2.47. The van der Waals surface area contributed by atoms with E-state index in [2.05, 4.69) is 15.2 Å². The molecule has 1 aromatic carbocycles. The van der Waals surface area contributed by atoms with Crippen molar-refractivity contribution in [1.82, 2.24) is 24.5 Å². The van der Waals surface area contributed by atoms with Gasteiger partial charge in [-0.05, 0) is 12.1 Å². The zero-order chi connectivity index (χ0) is 11.5. The molecule has 5 heteroatoms. The fourth-order valence-corrected chi connectivity index (χ4v) is 1.67. The number of rotatable bonds is 3. The topological polar surface area (TPSA) is 48.5 Å². The van der Waals surface area contributed by atoms with Gasteiger partial charge in [0.25, 0.3) is 0 Å². The predicted octanol–water partition coefficient (Wildman–Crippen LogP) is 1.51. The molecule has 0 unspecified atom stereocenters. The molecule has 2 heterocycles. The van der Waals surface area contributed by atoms with E-state index in [9.17, 15) is 0 Å². The molecule has 0 spiro atoms. The molecule has 5 nitrogen and oxygen atoms in total. The first-order valence-electron chi connectivity index (χ1n) is 5.33. The highest BCUT2D eigenvalue weighted by atomic mass is 15.3. The van der Waals surface area contributed by atoms with Gasteiger partial charge in [0.1, 0.15) is 12.7 Å². The molecule has 0 radical (unpaired) electrons. The van der Waals surface area contributed by atoms with Crippen LogP contribution in [0.15, 0.2) is 55.4 Å². The Bertz CT molecular complexity index is 582. The summed E-state index contributed by atoms with van der Waals surface area (Å²) < 4.78 is 3.62. The lowest BCUT2D eigenvalue weighted by Gasteiger charge is -1.99. The molecule has 0 N–H and O–H groups in total. The van der Waals surface area contributed by atoms with Crippen LogP contribution >= 0.6 is 0 Å². The third-order valence-electron chi connectivity index (χ3n) is 2.47. The average Bonchev–Trinajstić information content (AvgIpc) is 3.02. The van der Waals surface area contributed by atoms with Crippen molar-refractivity contribution in [2.75, 3.05) is 0 Å². The highest BCUT2D eigenvalue weighted by Gasteiger charge is 2.01. The zero-order valence-electron chi connectivity index (χ0n) is 9.14. The molecule has 0 saturated carbocycles. The molecule has 3 rings (SSSR count). The van der Waals surface area contributed by atoms with E-state index in [4.69, 9.17) is 0 Å². The summed E-state index contributed by atoms with van der Waals surface area (Å²) in [5, 5.41) is 8.38. The normalized spacial score (nSPS) is 10.6. The zero-order valence-corrected chi connectivity index (χ0v) is 9.14. The minimum Gasteiger partial charge on any atom is -0.248 e. The van der Waals surface area contributed by atoms with Crippen molar-refractivity contribution in [2.24, 2.45) is 0 Å². The molecular formula is C12H11N5. The molecule has 17 heavy (non-hydrogen) atoms. The van der Waals surface area contributed by atoms with Gasteiger partial charge in [-0.25, -0.2) is 14.3 Å². The summed E-state index contributed by atoms with van der Waals surface area (Å²) in [6.07, 6.45) is 7.06. The number of nitrogens with zero attached hydrogens (tertiary/aromatic N) is 5. The van der Waals surface area contributed by atoms with Gasteiger partial charge in [0.15, 0.2) is 0 Å². The molecule has 84 valence electrons. The van der Waals surface area contributed by atoms with E-state index in [1.165, 1.54) is 6.33 Å². The first-order valence-corrected chi connectivity index (χ1v) is 5.33. The molecule has 0 fully saturated rings. The van der Waals surface area contributed by atoms with Crippen molar-refractivity contribution >= 4 is 0 Å². The van der Waals surface area contributed by atoms with E-state index in [0.717, 1.165) is 11.3 Å². The number of hydrogen-bond acceptors (Lipinski definition) is 3. The Hall–Kier alpha value is -2.43. The van der Waals surface area contributed by atoms with Crippen LogP contribution in [0, 0.1) is 0 Å². The SMILES string of the molecule is c1ccc(-n2cc(Cn3cncn3)cn2)cc1. The van der Waals surface area contributed by atoms with Crippen molar-refractivity contribution in [1.29, 1.82) is 0 Å². The van der Waals surface area contributed by atoms with Gasteiger partial charge in [-0.1, -0.05) is 18.2 Å². The first kappa shape index (κ1) is 9.77. The second-order valence-electron chi connectivity index (χ2n) is 3.72. The summed E-state index contributed by atoms with van der Waals surface area (Å²) in [7, 11) is 0. The van der Waals surface area contributed by atoms with Crippen LogP contribution in [-0.4, -0.2) is 24.5 Å². The van der Waals surface area contributed by atoms with Crippen LogP contribution in [0.3, 0.4) is 0 Å². The van der Waals surface area contributed by atoms with Crippen LogP contribution in [0.5, 0.6) is 0 Å². The van der Waals surface area contributed by atoms with Gasteiger partial charge in [0.2, 0.25) is 0 Å². The van der Waals surface area contributed by atoms with Crippen molar-refractivity contribution in [2.45, 2.75) is 6.54 Å². The number of para-hydroxylation sites is 1. The van der Waals surface area contributed by atoms with Crippen LogP contribution < -0.4 is 0 Å². The van der Waals surface area contributed by atoms with Crippen LogP contribution in [0.25, 0.3) is 5.69 Å². The highest BCUT2D eigenvalue weighted by molar-refractivity contribution is 5.30. The molecule has 2 aromatic heterocycles. The second kappa shape index (κ2) is 4.21. The van der Waals surface area contributed by atoms with Crippen molar-refractivity contribution in [3.63, 3.8) is 0 Å². The van der Waals surface area contributed by atoms with Gasteiger partial charge in [0.05, 0.1) is 18.4 Å². The Balaban J connectivity index is 1.84. The summed E-state index contributed by atoms with van der Waals surface area (Å²) in [5.41, 5.74) is 2.15. The van der Waals surface area contributed by atoms with Crippen molar-refractivity contribution < 1.29 is 0 Å². The standard InChI is InChI=1S/C12H11N5/c1-2-4-12(5-3-1)17-8-11(6-14-17)7-16-10-13-9-15-16/h1-6,8-10H,7H2. The predicted molar refractivity (Wildman–Crippen MR) is 62.7 cm³/mol. The van der Waals surface area contributed by atoms with Crippen molar-refractivity contribution in [3.8, 4) is 5.69 Å². The van der Waals surface area contributed by atoms with Crippen LogP contribution in [0.1, 0.15) is 5.56 Å². The van der Waals surface area contributed by atoms with Gasteiger partial charge < -0.3 is 0 Å². The molecule has 0 aliphatic carbocycles. The Morgan fingerprint density at radius 2 is 1.94 bits per heavy atom. The van der Waals surface area contributed by atoms with E-state index in [0.29, 0.717) is 6.54 Å². The largest absolute Gasteiger partial charge is 0.248 e. The molecule has 0 atom stereocenters. The van der Waals surface area contributed by atoms with E-state index < -0.39 is 0 Å². The van der Waals surface area contributed by atoms with E-state index in [-0.39, 0.29) is 0 Å². The fourth-order valence-electron chi connectivity index (χ4n) is 1.67. The molecule has 0 aliphatic rings. The van der Waals surface area contributed by atoms with Gasteiger partial charge in [-0.15, -0.1) is 0 Å². The quantitative estimate of drug-likeness (QED) is 0.679. The van der Waals surface area contributed by atoms with Gasteiger partial charge >= 0.3 is 0 Å².